The zero-order chi connectivity index (χ0) is 57.9. The number of benzene rings is 4. The first-order valence-electron chi connectivity index (χ1n) is 23.5. The van der Waals surface area contributed by atoms with E-state index in [9.17, 15) is 46.2 Å². The van der Waals surface area contributed by atoms with Gasteiger partial charge in [-0.25, -0.2) is 37.1 Å². The molecule has 2 atom stereocenters. The summed E-state index contributed by atoms with van der Waals surface area (Å²) in [5, 5.41) is 27.6. The van der Waals surface area contributed by atoms with Crippen molar-refractivity contribution in [1.29, 1.82) is 0 Å². The number of hydrogen-bond acceptors (Lipinski definition) is 17. The molecule has 29 heteroatoms. The molecule has 0 unspecified atom stereocenters. The average Bonchev–Trinajstić information content (AvgIpc) is 4.21. The first-order chi connectivity index (χ1) is 38.6. The zero-order valence-corrected chi connectivity index (χ0v) is 51.7. The van der Waals surface area contributed by atoms with Crippen LogP contribution in [0.2, 0.25) is 0 Å². The molecule has 2 aliphatic rings. The summed E-state index contributed by atoms with van der Waals surface area (Å²) in [6, 6.07) is 23.4. The Balaban J connectivity index is 0.000000347. The first-order valence-corrected chi connectivity index (χ1v) is 24.3. The van der Waals surface area contributed by atoms with Gasteiger partial charge in [0.15, 0.2) is 17.4 Å². The fraction of sp³-hybridized carbons (Fsp3) is 0.212. The Morgan fingerprint density at radius 3 is 1.42 bits per heavy atom. The van der Waals surface area contributed by atoms with Crippen molar-refractivity contribution in [2.24, 2.45) is 0 Å². The molecule has 0 saturated carbocycles. The number of imidazole rings is 2. The van der Waals surface area contributed by atoms with Gasteiger partial charge in [0.25, 0.3) is 6.47 Å². The number of carbonyl (C=O) groups excluding carboxylic acids is 3. The molecule has 4 aromatic heterocycles. The largest absolute Gasteiger partial charge is 1.00 e. The van der Waals surface area contributed by atoms with Crippen LogP contribution in [0.25, 0.3) is 23.0 Å². The van der Waals surface area contributed by atoms with Crippen molar-refractivity contribution >= 4 is 41.4 Å². The molecule has 0 saturated heterocycles. The van der Waals surface area contributed by atoms with Gasteiger partial charge < -0.3 is 49.5 Å². The van der Waals surface area contributed by atoms with E-state index in [2.05, 4.69) is 39.3 Å². The molecule has 81 heavy (non-hydrogen) atoms. The number of fused-ring (bicyclic) bond motifs is 6. The van der Waals surface area contributed by atoms with Crippen LogP contribution in [0.15, 0.2) is 144 Å². The van der Waals surface area contributed by atoms with Gasteiger partial charge in [0, 0.05) is 49.7 Å². The van der Waals surface area contributed by atoms with E-state index in [1.54, 1.807) is 82.7 Å². The van der Waals surface area contributed by atoms with Gasteiger partial charge in [0.1, 0.15) is 39.3 Å². The molecule has 4 aromatic carbocycles. The van der Waals surface area contributed by atoms with Crippen LogP contribution in [0.1, 0.15) is 49.0 Å². The van der Waals surface area contributed by atoms with Gasteiger partial charge >= 0.3 is 115 Å². The molecule has 21 nitrogen and oxygen atoms in total. The quantitative estimate of drug-likeness (QED) is 0.0222. The Labute approximate surface area is 558 Å². The van der Waals surface area contributed by atoms with Crippen molar-refractivity contribution in [2.75, 3.05) is 32.8 Å². The number of halogens is 6. The SMILES string of the molecule is COC(=O)OCI.COC(=O)OCOc1c2n(ncc1=O)[C@@H](C(c1ccc(F)cc1)c1ccc(F)cc1)Cn1ccnc1-2.O=CO[O-].O=c1cnn2c(c1O)-c1nccn1C[C@@H]2C(c1ccc(F)cc1)c1ccc(F)cc1.[2H]CF.[H-].[K+].[K+]. The minimum Gasteiger partial charge on any atom is -1.00 e. The van der Waals surface area contributed by atoms with Crippen LogP contribution in [0, 0.1) is 23.3 Å². The summed E-state index contributed by atoms with van der Waals surface area (Å²) in [5.74, 6) is -1.94. The van der Waals surface area contributed by atoms with E-state index in [0.29, 0.717) is 29.4 Å². The summed E-state index contributed by atoms with van der Waals surface area (Å²) in [5.41, 5.74) is 2.48. The monoisotopic (exact) mass is 1290 g/mol. The molecule has 0 spiro atoms. The summed E-state index contributed by atoms with van der Waals surface area (Å²) >= 11 is 1.90. The molecule has 416 valence electrons. The normalized spacial score (nSPS) is 13.0. The smallest absolute Gasteiger partial charge is 1.00 e. The molecule has 6 heterocycles. The second kappa shape index (κ2) is 33.4. The molecular weight excluding hydrogens is 1240 g/mol. The Morgan fingerprint density at radius 1 is 0.704 bits per heavy atom. The Hall–Kier alpha value is -5.72. The standard InChI is InChI=1S/C25H20F2N4O5.C22H16F2N4O2.C3H5IO3.CH3F.CH2O3.2K.H/c1-34-25(33)36-14-35-23-20(32)12-29-31-19(13-30-11-10-28-24(30)22(23)31)21(15-2-6-17(26)7-3-15)16-4-8-18(27)9-5-16;23-15-5-1-13(2-6-15)19(14-3-7-16(24)8-4-14)17-12-27-10-9-25-22(27)20-21(30)18(29)11-26-28(17)20;1-6-3(5)7-2-4;1-2;2-1-4-3;;;/h2-12,19,21H,13-14H2,1H3;1-11,17,19,30H,12H2;2H2,1H3;1H3;1,3H;;;/q;;;;;2*+1;-1/p-1/t19-;17-;;;;;;/m11....../s1/i;;;1D;;;;. The van der Waals surface area contributed by atoms with Gasteiger partial charge in [-0.15, -0.1) is 0 Å². The summed E-state index contributed by atoms with van der Waals surface area (Å²) < 4.78 is 101. The molecule has 1 N–H and O–H groups in total. The van der Waals surface area contributed by atoms with E-state index in [1.807, 2.05) is 31.7 Å². The minimum atomic E-state index is -1.00. The number of aromatic hydroxyl groups is 1. The summed E-state index contributed by atoms with van der Waals surface area (Å²) in [7, 11) is 1.42. The van der Waals surface area contributed by atoms with E-state index in [4.69, 9.17) is 20.9 Å². The summed E-state index contributed by atoms with van der Waals surface area (Å²) in [6.45, 7) is 0.0937. The molecule has 10 rings (SSSR count). The van der Waals surface area contributed by atoms with E-state index in [-0.39, 0.29) is 163 Å². The second-order valence-corrected chi connectivity index (χ2v) is 16.8. The summed E-state index contributed by atoms with van der Waals surface area (Å²) in [6.07, 6.45) is 7.26. The van der Waals surface area contributed by atoms with Crippen molar-refractivity contribution in [3.8, 4) is 34.5 Å². The number of ether oxygens (including phenoxy) is 5. The Bertz CT molecular complexity index is 3380. The number of methoxy groups -OCH3 is 2. The Morgan fingerprint density at radius 2 is 1.06 bits per heavy atom. The third-order valence-electron chi connectivity index (χ3n) is 11.8. The van der Waals surface area contributed by atoms with Crippen LogP contribution in [-0.2, 0) is 41.7 Å². The maximum absolute atomic E-state index is 13.8. The van der Waals surface area contributed by atoms with Gasteiger partial charge in [-0.05, 0) is 93.4 Å². The number of hydrogen-bond donors (Lipinski definition) is 1. The van der Waals surface area contributed by atoms with E-state index < -0.39 is 54.8 Å². The number of rotatable bonds is 11. The van der Waals surface area contributed by atoms with Crippen LogP contribution >= 0.6 is 22.6 Å². The molecule has 0 amide bonds. The maximum atomic E-state index is 13.8. The topological polar surface area (TPSA) is 255 Å². The fourth-order valence-electron chi connectivity index (χ4n) is 8.62. The van der Waals surface area contributed by atoms with Crippen molar-refractivity contribution in [3.05, 3.63) is 200 Å². The molecule has 8 aromatic rings. The second-order valence-electron chi connectivity index (χ2n) is 16.1. The molecular formula is C52H46F5IK2N8O13. The third-order valence-corrected chi connectivity index (χ3v) is 12.1. The average molecular weight is 1290 g/mol. The van der Waals surface area contributed by atoms with Crippen LogP contribution in [0.5, 0.6) is 11.5 Å². The van der Waals surface area contributed by atoms with Gasteiger partial charge in [-0.2, -0.15) is 10.2 Å². The van der Waals surface area contributed by atoms with Crippen molar-refractivity contribution in [2.45, 2.75) is 37.0 Å². The molecule has 0 fully saturated rings. The number of nitrogens with zero attached hydrogens (tertiary/aromatic N) is 8. The third kappa shape index (κ3) is 17.2. The zero-order valence-electron chi connectivity index (χ0n) is 45.3. The fourth-order valence-corrected chi connectivity index (χ4v) is 8.87. The summed E-state index contributed by atoms with van der Waals surface area (Å²) in [4.78, 5) is 66.0. The molecule has 0 radical (unpaired) electrons. The van der Waals surface area contributed by atoms with Crippen molar-refractivity contribution in [3.63, 3.8) is 0 Å². The van der Waals surface area contributed by atoms with Crippen LogP contribution in [-0.4, -0.2) is 95.3 Å². The molecule has 0 aliphatic carbocycles. The van der Waals surface area contributed by atoms with Gasteiger partial charge in [0.2, 0.25) is 23.4 Å². The predicted molar refractivity (Wildman–Crippen MR) is 275 cm³/mol. The predicted octanol–water partition coefficient (Wildman–Crippen LogP) is 1.67. The van der Waals surface area contributed by atoms with Crippen LogP contribution in [0.3, 0.4) is 0 Å². The van der Waals surface area contributed by atoms with Gasteiger partial charge in [0.05, 0.1) is 47.2 Å². The van der Waals surface area contributed by atoms with E-state index in [0.717, 1.165) is 41.8 Å². The minimum absolute atomic E-state index is 0. The first kappa shape index (κ1) is 66.1. The van der Waals surface area contributed by atoms with Gasteiger partial charge in [-0.1, -0.05) is 48.5 Å². The number of alkyl halides is 2. The Kier molecular flexibility index (Phi) is 27.3. The molecule has 0 bridgehead atoms. The van der Waals surface area contributed by atoms with Crippen LogP contribution in [0.4, 0.5) is 31.5 Å². The van der Waals surface area contributed by atoms with E-state index >= 15 is 0 Å². The van der Waals surface area contributed by atoms with Crippen molar-refractivity contribution in [1.82, 2.24) is 38.7 Å². The maximum Gasteiger partial charge on any atom is 1.00 e. The number of aromatic nitrogens is 8. The van der Waals surface area contributed by atoms with Gasteiger partial charge in [-0.3, -0.25) is 28.1 Å². The van der Waals surface area contributed by atoms with E-state index in [1.165, 1.54) is 55.6 Å². The number of carbonyl (C=O) groups is 3. The van der Waals surface area contributed by atoms with Crippen LogP contribution < -0.4 is 124 Å². The van der Waals surface area contributed by atoms with Crippen molar-refractivity contribution < 1.29 is 181 Å². The molecule has 2 aliphatic heterocycles.